The summed E-state index contributed by atoms with van der Waals surface area (Å²) in [6.07, 6.45) is 4.63. The van der Waals surface area contributed by atoms with Crippen molar-refractivity contribution in [2.75, 3.05) is 38.5 Å². The Bertz CT molecular complexity index is 1370. The Balaban J connectivity index is 1.36. The molecule has 1 saturated heterocycles. The molecule has 10 heteroatoms. The summed E-state index contributed by atoms with van der Waals surface area (Å²) in [6.45, 7) is 13.4. The second-order valence-corrected chi connectivity index (χ2v) is 10.4. The van der Waals surface area contributed by atoms with E-state index in [0.29, 0.717) is 17.0 Å². The van der Waals surface area contributed by atoms with Gasteiger partial charge in [0.1, 0.15) is 17.3 Å². The zero-order valence-electron chi connectivity index (χ0n) is 21.5. The summed E-state index contributed by atoms with van der Waals surface area (Å²) in [5, 5.41) is 3.10. The van der Waals surface area contributed by atoms with Crippen molar-refractivity contribution >= 4 is 22.9 Å². The number of likely N-dealkylation sites (N-methyl/N-ethyl adjacent to an activating group) is 1. The van der Waals surface area contributed by atoms with Gasteiger partial charge in [-0.1, -0.05) is 6.07 Å². The van der Waals surface area contributed by atoms with Crippen LogP contribution in [0, 0.1) is 12.7 Å². The largest absolute Gasteiger partial charge is 0.321 e. The number of pyridine rings is 2. The van der Waals surface area contributed by atoms with Crippen molar-refractivity contribution in [1.29, 1.82) is 0 Å². The Hall–Kier alpha value is -3.50. The number of anilines is 2. The van der Waals surface area contributed by atoms with Gasteiger partial charge in [-0.2, -0.15) is 0 Å². The summed E-state index contributed by atoms with van der Waals surface area (Å²) < 4.78 is 16.9. The average Bonchev–Trinajstić information content (AvgIpc) is 3.18. The van der Waals surface area contributed by atoms with Crippen molar-refractivity contribution in [3.63, 3.8) is 0 Å². The molecule has 0 atom stereocenters. The molecule has 0 aliphatic carbocycles. The first-order valence-corrected chi connectivity index (χ1v) is 12.2. The van der Waals surface area contributed by atoms with E-state index in [1.807, 2.05) is 31.3 Å². The van der Waals surface area contributed by atoms with Crippen molar-refractivity contribution in [2.24, 2.45) is 0 Å². The summed E-state index contributed by atoms with van der Waals surface area (Å²) >= 11 is 0. The number of rotatable bonds is 5. The lowest BCUT2D eigenvalue weighted by atomic mass is 10.1. The highest BCUT2D eigenvalue weighted by Crippen LogP contribution is 2.28. The van der Waals surface area contributed by atoms with E-state index in [2.05, 4.69) is 72.4 Å². The summed E-state index contributed by atoms with van der Waals surface area (Å²) in [7, 11) is 2.15. The van der Waals surface area contributed by atoms with Gasteiger partial charge in [0.05, 0.1) is 11.7 Å². The number of aryl methyl sites for hydroxylation is 1. The molecule has 0 radical (unpaired) electrons. The van der Waals surface area contributed by atoms with Crippen LogP contribution >= 0.6 is 0 Å². The normalized spacial score (nSPS) is 15.5. The third kappa shape index (κ3) is 5.05. The average molecular weight is 490 g/mol. The predicted molar refractivity (Wildman–Crippen MR) is 139 cm³/mol. The van der Waals surface area contributed by atoms with Gasteiger partial charge in [-0.3, -0.25) is 4.90 Å². The smallest absolute Gasteiger partial charge is 0.229 e. The summed E-state index contributed by atoms with van der Waals surface area (Å²) in [5.74, 6) is 1.21. The molecule has 1 fully saturated rings. The van der Waals surface area contributed by atoms with Crippen molar-refractivity contribution in [3.05, 3.63) is 54.0 Å². The third-order valence-corrected chi connectivity index (χ3v) is 6.43. The van der Waals surface area contributed by atoms with Gasteiger partial charge < -0.3 is 14.8 Å². The van der Waals surface area contributed by atoms with E-state index in [4.69, 9.17) is 0 Å². The Morgan fingerprint density at radius 3 is 2.44 bits per heavy atom. The number of imidazole rings is 1. The molecule has 5 heterocycles. The van der Waals surface area contributed by atoms with Crippen molar-refractivity contribution < 1.29 is 4.39 Å². The van der Waals surface area contributed by atoms with Gasteiger partial charge in [-0.05, 0) is 52.4 Å². The maximum absolute atomic E-state index is 14.8. The van der Waals surface area contributed by atoms with Gasteiger partial charge >= 0.3 is 0 Å². The minimum absolute atomic E-state index is 0.174. The number of halogens is 1. The fraction of sp³-hybridized carbons (Fsp3) is 0.423. The molecule has 0 unspecified atom stereocenters. The first-order valence-electron chi connectivity index (χ1n) is 12.2. The third-order valence-electron chi connectivity index (χ3n) is 6.43. The fourth-order valence-corrected chi connectivity index (χ4v) is 4.65. The van der Waals surface area contributed by atoms with Crippen LogP contribution in [0.2, 0.25) is 0 Å². The summed E-state index contributed by atoms with van der Waals surface area (Å²) in [6, 6.07) is 5.83. The molecule has 5 rings (SSSR count). The van der Waals surface area contributed by atoms with Crippen LogP contribution in [-0.2, 0) is 12.1 Å². The van der Waals surface area contributed by atoms with Crippen LogP contribution in [0.15, 0.2) is 36.8 Å². The molecular formula is C26H32FN9. The van der Waals surface area contributed by atoms with Crippen LogP contribution in [0.3, 0.4) is 0 Å². The van der Waals surface area contributed by atoms with Gasteiger partial charge in [-0.15, -0.1) is 0 Å². The maximum Gasteiger partial charge on any atom is 0.229 e. The van der Waals surface area contributed by atoms with Crippen molar-refractivity contribution in [2.45, 2.75) is 39.8 Å². The number of nitrogens with zero attached hydrogens (tertiary/aromatic N) is 8. The maximum atomic E-state index is 14.8. The molecule has 0 bridgehead atoms. The number of nitrogens with one attached hydrogen (secondary N) is 1. The second kappa shape index (κ2) is 9.51. The van der Waals surface area contributed by atoms with Gasteiger partial charge in [0, 0.05) is 56.2 Å². The van der Waals surface area contributed by atoms with Crippen molar-refractivity contribution in [3.8, 4) is 11.3 Å². The molecule has 0 spiro atoms. The Morgan fingerprint density at radius 2 is 1.75 bits per heavy atom. The number of fused-ring (bicyclic) bond motifs is 1. The van der Waals surface area contributed by atoms with E-state index < -0.39 is 5.82 Å². The number of hydrogen-bond acceptors (Lipinski definition) is 8. The first-order chi connectivity index (χ1) is 17.2. The lowest BCUT2D eigenvalue weighted by molar-refractivity contribution is 0.148. The lowest BCUT2D eigenvalue weighted by Crippen LogP contribution is -2.43. The van der Waals surface area contributed by atoms with Crippen LogP contribution in [0.4, 0.5) is 16.2 Å². The Labute approximate surface area is 210 Å². The predicted octanol–water partition coefficient (Wildman–Crippen LogP) is 3.98. The van der Waals surface area contributed by atoms with Crippen LogP contribution in [0.1, 0.15) is 32.2 Å². The lowest BCUT2D eigenvalue weighted by Gasteiger charge is -2.32. The monoisotopic (exact) mass is 489 g/mol. The number of aromatic nitrogens is 6. The second-order valence-electron chi connectivity index (χ2n) is 10.4. The van der Waals surface area contributed by atoms with Gasteiger partial charge in [0.15, 0.2) is 11.5 Å². The molecule has 36 heavy (non-hydrogen) atoms. The molecule has 0 aromatic carbocycles. The minimum Gasteiger partial charge on any atom is -0.321 e. The van der Waals surface area contributed by atoms with Gasteiger partial charge in [0.2, 0.25) is 5.95 Å². The first kappa shape index (κ1) is 24.2. The van der Waals surface area contributed by atoms with E-state index in [0.717, 1.165) is 49.6 Å². The highest BCUT2D eigenvalue weighted by Gasteiger charge is 2.21. The summed E-state index contributed by atoms with van der Waals surface area (Å²) in [4.78, 5) is 26.9. The fourth-order valence-electron chi connectivity index (χ4n) is 4.65. The molecule has 0 saturated carbocycles. The minimum atomic E-state index is -0.518. The Kier molecular flexibility index (Phi) is 6.40. The van der Waals surface area contributed by atoms with Crippen LogP contribution in [0.25, 0.3) is 22.4 Å². The zero-order valence-corrected chi connectivity index (χ0v) is 21.5. The van der Waals surface area contributed by atoms with Gasteiger partial charge in [0.25, 0.3) is 0 Å². The van der Waals surface area contributed by atoms with Crippen LogP contribution < -0.4 is 5.32 Å². The molecule has 188 valence electrons. The van der Waals surface area contributed by atoms with E-state index in [9.17, 15) is 4.39 Å². The topological polar surface area (TPSA) is 87.9 Å². The van der Waals surface area contributed by atoms with E-state index in [-0.39, 0.29) is 17.2 Å². The molecule has 1 N–H and O–H groups in total. The molecular weight excluding hydrogens is 457 g/mol. The van der Waals surface area contributed by atoms with E-state index >= 15 is 0 Å². The molecule has 4 aromatic heterocycles. The van der Waals surface area contributed by atoms with Crippen LogP contribution in [0.5, 0.6) is 0 Å². The SMILES string of the molecule is Cc1nc2ncc(-c3nc(Nc4ccc(CN5CCN(C)CC5)cn4)ncc3F)cc2n1C(C)(C)C. The quantitative estimate of drug-likeness (QED) is 0.451. The number of hydrogen-bond donors (Lipinski definition) is 1. The van der Waals surface area contributed by atoms with Crippen molar-refractivity contribution in [1.82, 2.24) is 39.3 Å². The van der Waals surface area contributed by atoms with Crippen LogP contribution in [-0.4, -0.2) is 72.5 Å². The Morgan fingerprint density at radius 1 is 0.972 bits per heavy atom. The highest BCUT2D eigenvalue weighted by molar-refractivity contribution is 5.78. The molecule has 9 nitrogen and oxygen atoms in total. The molecule has 1 aliphatic rings. The van der Waals surface area contributed by atoms with E-state index in [1.54, 1.807) is 6.20 Å². The van der Waals surface area contributed by atoms with E-state index in [1.165, 1.54) is 6.20 Å². The number of piperazine rings is 1. The van der Waals surface area contributed by atoms with Gasteiger partial charge in [-0.25, -0.2) is 29.3 Å². The molecule has 0 amide bonds. The summed E-state index contributed by atoms with van der Waals surface area (Å²) in [5.41, 5.74) is 3.15. The molecule has 4 aromatic rings. The molecule has 1 aliphatic heterocycles. The zero-order chi connectivity index (χ0) is 25.4. The standard InChI is InChI=1S/C26H32FN9/c1-17-31-24-21(36(17)26(2,3)4)12-19(14-29-24)23-20(27)15-30-25(33-23)32-22-7-6-18(13-28-22)16-35-10-8-34(5)9-11-35/h6-7,12-15H,8-11,16H2,1-5H3,(H,28,30,32,33). The highest BCUT2D eigenvalue weighted by atomic mass is 19.1.